The molecule has 0 spiro atoms. The zero-order chi connectivity index (χ0) is 25.0. The number of fused-ring (bicyclic) bond motifs is 3. The van der Waals surface area contributed by atoms with E-state index in [1.165, 1.54) is 13.0 Å². The third-order valence-corrected chi connectivity index (χ3v) is 8.74. The van der Waals surface area contributed by atoms with Crippen molar-refractivity contribution in [2.75, 3.05) is 0 Å². The van der Waals surface area contributed by atoms with Gasteiger partial charge < -0.3 is 14.2 Å². The van der Waals surface area contributed by atoms with Crippen LogP contribution in [0.15, 0.2) is 24.3 Å². The molecule has 33 heavy (non-hydrogen) atoms. The van der Waals surface area contributed by atoms with Crippen LogP contribution in [0.2, 0.25) is 0 Å². The number of allylic oxidation sites excluding steroid dienone is 1. The molecule has 184 valence electrons. The van der Waals surface area contributed by atoms with Gasteiger partial charge in [0.25, 0.3) is 0 Å². The molecule has 0 aromatic rings. The topological polar surface area (TPSA) is 78.9 Å². The first kappa shape index (κ1) is 25.7. The lowest BCUT2D eigenvalue weighted by Crippen LogP contribution is -2.72. The summed E-state index contributed by atoms with van der Waals surface area (Å²) in [6, 6.07) is 0. The first-order chi connectivity index (χ1) is 15.1. The fraction of sp³-hybridized carbons (Fsp3) is 0.741. The highest BCUT2D eigenvalue weighted by Gasteiger charge is 2.70. The predicted molar refractivity (Wildman–Crippen MR) is 125 cm³/mol. The number of ether oxygens (including phenoxy) is 3. The lowest BCUT2D eigenvalue weighted by molar-refractivity contribution is -0.273. The minimum absolute atomic E-state index is 0.0497. The van der Waals surface area contributed by atoms with Gasteiger partial charge in [-0.05, 0) is 46.5 Å². The van der Waals surface area contributed by atoms with Gasteiger partial charge in [0.1, 0.15) is 17.8 Å². The van der Waals surface area contributed by atoms with Crippen molar-refractivity contribution in [1.82, 2.24) is 0 Å². The van der Waals surface area contributed by atoms with Crippen LogP contribution >= 0.6 is 0 Å². The normalized spacial score (nSPS) is 41.8. The summed E-state index contributed by atoms with van der Waals surface area (Å²) in [4.78, 5) is 38.3. The van der Waals surface area contributed by atoms with E-state index in [1.807, 2.05) is 27.7 Å². The molecule has 2 saturated carbocycles. The highest BCUT2D eigenvalue weighted by molar-refractivity contribution is 5.89. The van der Waals surface area contributed by atoms with Gasteiger partial charge in [-0.25, -0.2) is 4.79 Å². The lowest BCUT2D eigenvalue weighted by Gasteiger charge is -2.66. The highest BCUT2D eigenvalue weighted by Crippen LogP contribution is 2.65. The number of ketones is 1. The molecule has 3 rings (SSSR count). The molecule has 0 radical (unpaired) electrons. The molecule has 0 N–H and O–H groups in total. The number of rotatable bonds is 4. The van der Waals surface area contributed by atoms with Crippen LogP contribution in [0.25, 0.3) is 0 Å². The molecule has 6 nitrogen and oxygen atoms in total. The van der Waals surface area contributed by atoms with Crippen LogP contribution in [0.3, 0.4) is 0 Å². The standard InChI is InChI=1S/C27H40O6/c1-10-25(7)12-11-18-26(8)19(14-20(29)27(18,9)33-25)24(5,6)21(31-17(4)28)15-22(26)32-23(30)13-16(2)3/h10,13,18-19,21-22H,1,11-12,14-15H2,2-9H3. The van der Waals surface area contributed by atoms with Crippen molar-refractivity contribution in [1.29, 1.82) is 0 Å². The van der Waals surface area contributed by atoms with Crippen LogP contribution < -0.4 is 0 Å². The summed E-state index contributed by atoms with van der Waals surface area (Å²) in [6.45, 7) is 19.1. The maximum atomic E-state index is 13.7. The largest absolute Gasteiger partial charge is 0.462 e. The van der Waals surface area contributed by atoms with Gasteiger partial charge in [-0.15, -0.1) is 6.58 Å². The van der Waals surface area contributed by atoms with E-state index < -0.39 is 40.2 Å². The zero-order valence-corrected chi connectivity index (χ0v) is 21.4. The fourth-order valence-corrected chi connectivity index (χ4v) is 6.94. The van der Waals surface area contributed by atoms with E-state index in [9.17, 15) is 14.4 Å². The Morgan fingerprint density at radius 3 is 2.21 bits per heavy atom. The van der Waals surface area contributed by atoms with E-state index >= 15 is 0 Å². The van der Waals surface area contributed by atoms with Gasteiger partial charge in [0, 0.05) is 42.6 Å². The summed E-state index contributed by atoms with van der Waals surface area (Å²) in [7, 11) is 0. The first-order valence-electron chi connectivity index (χ1n) is 12.0. The third kappa shape index (κ3) is 4.20. The summed E-state index contributed by atoms with van der Waals surface area (Å²) in [6.07, 6.45) is 4.44. The highest BCUT2D eigenvalue weighted by atomic mass is 16.6. The molecule has 7 atom stereocenters. The van der Waals surface area contributed by atoms with Crippen molar-refractivity contribution in [3.8, 4) is 0 Å². The Labute approximate surface area is 198 Å². The van der Waals surface area contributed by atoms with E-state index in [-0.39, 0.29) is 30.0 Å². The maximum Gasteiger partial charge on any atom is 0.330 e. The van der Waals surface area contributed by atoms with Crippen molar-refractivity contribution in [2.24, 2.45) is 22.7 Å². The first-order valence-corrected chi connectivity index (χ1v) is 12.0. The summed E-state index contributed by atoms with van der Waals surface area (Å²) < 4.78 is 18.3. The summed E-state index contributed by atoms with van der Waals surface area (Å²) >= 11 is 0. The summed E-state index contributed by atoms with van der Waals surface area (Å²) in [5, 5.41) is 0. The van der Waals surface area contributed by atoms with Crippen LogP contribution in [0, 0.1) is 22.7 Å². The molecular weight excluding hydrogens is 420 g/mol. The smallest absolute Gasteiger partial charge is 0.330 e. The van der Waals surface area contributed by atoms with Gasteiger partial charge in [0.15, 0.2) is 5.78 Å². The summed E-state index contributed by atoms with van der Waals surface area (Å²) in [5.41, 5.74) is -1.74. The average Bonchev–Trinajstić information content (AvgIpc) is 2.67. The molecule has 7 unspecified atom stereocenters. The zero-order valence-electron chi connectivity index (χ0n) is 21.4. The number of esters is 2. The molecule has 0 aromatic carbocycles. The maximum absolute atomic E-state index is 13.7. The Kier molecular flexibility index (Phi) is 6.51. The minimum atomic E-state index is -1.00. The van der Waals surface area contributed by atoms with Crippen LogP contribution in [0.1, 0.15) is 81.1 Å². The molecule has 3 aliphatic rings. The van der Waals surface area contributed by atoms with Gasteiger partial charge in [0.2, 0.25) is 0 Å². The van der Waals surface area contributed by atoms with Crippen molar-refractivity contribution in [3.63, 3.8) is 0 Å². The molecule has 2 aliphatic carbocycles. The Morgan fingerprint density at radius 1 is 1.03 bits per heavy atom. The summed E-state index contributed by atoms with van der Waals surface area (Å²) in [5.74, 6) is -1.02. The molecule has 1 aliphatic heterocycles. The Bertz CT molecular complexity index is 883. The van der Waals surface area contributed by atoms with Gasteiger partial charge >= 0.3 is 11.9 Å². The van der Waals surface area contributed by atoms with Crippen molar-refractivity contribution < 1.29 is 28.6 Å². The van der Waals surface area contributed by atoms with Crippen molar-refractivity contribution in [2.45, 2.75) is 104 Å². The van der Waals surface area contributed by atoms with E-state index in [4.69, 9.17) is 14.2 Å². The quantitative estimate of drug-likeness (QED) is 0.335. The van der Waals surface area contributed by atoms with Gasteiger partial charge in [-0.1, -0.05) is 32.4 Å². The Hall–Kier alpha value is -1.95. The second-order valence-corrected chi connectivity index (χ2v) is 11.7. The molecular formula is C27H40O6. The molecule has 0 bridgehead atoms. The number of Topliss-reactive ketones (excluding diaryl/α,β-unsaturated/α-hetero) is 1. The molecule has 0 amide bonds. The van der Waals surface area contributed by atoms with E-state index in [0.717, 1.165) is 18.4 Å². The Balaban J connectivity index is 2.12. The second-order valence-electron chi connectivity index (χ2n) is 11.7. The molecule has 0 aromatic heterocycles. The number of carbonyl (C=O) groups excluding carboxylic acids is 3. The molecule has 3 fully saturated rings. The van der Waals surface area contributed by atoms with Gasteiger partial charge in [-0.2, -0.15) is 0 Å². The van der Waals surface area contributed by atoms with E-state index in [2.05, 4.69) is 27.4 Å². The predicted octanol–water partition coefficient (Wildman–Crippen LogP) is 4.95. The average molecular weight is 461 g/mol. The molecule has 1 heterocycles. The van der Waals surface area contributed by atoms with E-state index in [1.54, 1.807) is 6.08 Å². The van der Waals surface area contributed by atoms with Gasteiger partial charge in [-0.3, -0.25) is 9.59 Å². The fourth-order valence-electron chi connectivity index (χ4n) is 6.94. The minimum Gasteiger partial charge on any atom is -0.462 e. The van der Waals surface area contributed by atoms with Crippen LogP contribution in [-0.4, -0.2) is 41.1 Å². The lowest BCUT2D eigenvalue weighted by atomic mass is 9.42. The SMILES string of the molecule is C=CC1(C)CCC2C(C)(O1)C(=O)CC1C(C)(C)C(OC(C)=O)CC(OC(=O)C=C(C)C)C21C. The van der Waals surface area contributed by atoms with Crippen LogP contribution in [0.4, 0.5) is 0 Å². The Morgan fingerprint density at radius 2 is 1.67 bits per heavy atom. The number of hydrogen-bond acceptors (Lipinski definition) is 6. The van der Waals surface area contributed by atoms with Crippen molar-refractivity contribution in [3.05, 3.63) is 24.3 Å². The number of hydrogen-bond donors (Lipinski definition) is 0. The van der Waals surface area contributed by atoms with Crippen molar-refractivity contribution >= 4 is 17.7 Å². The van der Waals surface area contributed by atoms with E-state index in [0.29, 0.717) is 6.42 Å². The monoisotopic (exact) mass is 460 g/mol. The second kappa shape index (κ2) is 8.37. The van der Waals surface area contributed by atoms with Gasteiger partial charge in [0.05, 0.1) is 5.60 Å². The third-order valence-electron chi connectivity index (χ3n) is 8.74. The van der Waals surface area contributed by atoms with Crippen LogP contribution in [0.5, 0.6) is 0 Å². The number of carbonyl (C=O) groups is 3. The molecule has 1 saturated heterocycles. The van der Waals surface area contributed by atoms with Crippen LogP contribution in [-0.2, 0) is 28.6 Å². The molecule has 6 heteroatoms.